The van der Waals surface area contributed by atoms with E-state index in [9.17, 15) is 14.6 Å². The molecule has 23 heavy (non-hydrogen) atoms. The molecule has 2 atom stereocenters. The number of fused-ring (bicyclic) bond motifs is 2. The van der Waals surface area contributed by atoms with Crippen LogP contribution >= 0.6 is 0 Å². The minimum absolute atomic E-state index is 0.261. The molecule has 2 nitrogen and oxygen atoms in total. The molecule has 0 amide bonds. The SMILES string of the molecule is OC1C=c2ccc3c4cc(F)ccc4cc4ccc(c2c43)C1O. The molecule has 4 aromatic carbocycles. The summed E-state index contributed by atoms with van der Waals surface area (Å²) in [6.45, 7) is 0. The Morgan fingerprint density at radius 2 is 1.61 bits per heavy atom. The van der Waals surface area contributed by atoms with Gasteiger partial charge >= 0.3 is 0 Å². The van der Waals surface area contributed by atoms with E-state index in [1.54, 1.807) is 18.2 Å². The number of aliphatic hydroxyl groups is 2. The Kier molecular flexibility index (Phi) is 2.42. The van der Waals surface area contributed by atoms with E-state index in [2.05, 4.69) is 0 Å². The molecule has 3 heteroatoms. The molecule has 1 aliphatic carbocycles. The fourth-order valence-electron chi connectivity index (χ4n) is 3.82. The highest BCUT2D eigenvalue weighted by atomic mass is 19.1. The van der Waals surface area contributed by atoms with Gasteiger partial charge in [-0.2, -0.15) is 0 Å². The van der Waals surface area contributed by atoms with Gasteiger partial charge in [-0.05, 0) is 67.4 Å². The second-order valence-electron chi connectivity index (χ2n) is 6.17. The summed E-state index contributed by atoms with van der Waals surface area (Å²) in [7, 11) is 0. The number of halogens is 1. The van der Waals surface area contributed by atoms with Gasteiger partial charge in [0.2, 0.25) is 0 Å². The minimum atomic E-state index is -0.930. The van der Waals surface area contributed by atoms with Crippen LogP contribution < -0.4 is 5.22 Å². The molecule has 2 N–H and O–H groups in total. The summed E-state index contributed by atoms with van der Waals surface area (Å²) in [6, 6.07) is 14.6. The van der Waals surface area contributed by atoms with Crippen LogP contribution in [0, 0.1) is 5.82 Å². The van der Waals surface area contributed by atoms with Crippen molar-refractivity contribution in [2.45, 2.75) is 12.2 Å². The molecule has 0 radical (unpaired) electrons. The van der Waals surface area contributed by atoms with Crippen LogP contribution in [0.4, 0.5) is 4.39 Å². The first-order valence-corrected chi connectivity index (χ1v) is 7.59. The molecule has 0 spiro atoms. The van der Waals surface area contributed by atoms with Crippen LogP contribution in [0.25, 0.3) is 38.4 Å². The van der Waals surface area contributed by atoms with E-state index in [1.807, 2.05) is 30.3 Å². The lowest BCUT2D eigenvalue weighted by atomic mass is 9.86. The van der Waals surface area contributed by atoms with Crippen molar-refractivity contribution in [2.75, 3.05) is 0 Å². The highest BCUT2D eigenvalue weighted by molar-refractivity contribution is 6.22. The molecule has 0 aliphatic heterocycles. The summed E-state index contributed by atoms with van der Waals surface area (Å²) in [5.74, 6) is -0.261. The average Bonchev–Trinajstić information content (AvgIpc) is 2.55. The molecular formula is C20H13FO2. The first-order chi connectivity index (χ1) is 11.1. The summed E-state index contributed by atoms with van der Waals surface area (Å²) >= 11 is 0. The van der Waals surface area contributed by atoms with Crippen molar-refractivity contribution < 1.29 is 14.6 Å². The van der Waals surface area contributed by atoms with E-state index in [0.717, 1.165) is 43.1 Å². The summed E-state index contributed by atoms with van der Waals surface area (Å²) in [6.07, 6.45) is -0.151. The Morgan fingerprint density at radius 1 is 0.783 bits per heavy atom. The van der Waals surface area contributed by atoms with Gasteiger partial charge in [0.15, 0.2) is 0 Å². The Balaban J connectivity index is 2.11. The van der Waals surface area contributed by atoms with Crippen molar-refractivity contribution in [3.8, 4) is 0 Å². The van der Waals surface area contributed by atoms with Gasteiger partial charge in [-0.3, -0.25) is 0 Å². The summed E-state index contributed by atoms with van der Waals surface area (Å²) in [5.41, 5.74) is 0.726. The van der Waals surface area contributed by atoms with Gasteiger partial charge in [-0.25, -0.2) is 4.39 Å². The van der Waals surface area contributed by atoms with Gasteiger partial charge < -0.3 is 10.2 Å². The number of aliphatic hydroxyl groups excluding tert-OH is 2. The molecule has 2 unspecified atom stereocenters. The minimum Gasteiger partial charge on any atom is -0.386 e. The molecule has 4 aromatic rings. The monoisotopic (exact) mass is 304 g/mol. The quantitative estimate of drug-likeness (QED) is 0.387. The number of hydrogen-bond acceptors (Lipinski definition) is 2. The molecule has 0 saturated carbocycles. The Hall–Kier alpha value is -2.49. The third-order valence-corrected chi connectivity index (χ3v) is 4.87. The lowest BCUT2D eigenvalue weighted by Gasteiger charge is -2.23. The molecule has 0 heterocycles. The fourth-order valence-corrected chi connectivity index (χ4v) is 3.82. The molecule has 1 aliphatic rings. The Bertz CT molecular complexity index is 1160. The molecule has 0 fully saturated rings. The largest absolute Gasteiger partial charge is 0.386 e. The van der Waals surface area contributed by atoms with Gasteiger partial charge in [0, 0.05) is 0 Å². The van der Waals surface area contributed by atoms with E-state index in [4.69, 9.17) is 0 Å². The zero-order valence-corrected chi connectivity index (χ0v) is 12.1. The van der Waals surface area contributed by atoms with Crippen LogP contribution in [0.3, 0.4) is 0 Å². The van der Waals surface area contributed by atoms with Crippen LogP contribution in [0.2, 0.25) is 0 Å². The van der Waals surface area contributed by atoms with Crippen molar-refractivity contribution in [3.63, 3.8) is 0 Å². The maximum Gasteiger partial charge on any atom is 0.123 e. The Labute approximate surface area is 131 Å². The highest BCUT2D eigenvalue weighted by Crippen LogP contribution is 2.37. The van der Waals surface area contributed by atoms with E-state index >= 15 is 0 Å². The van der Waals surface area contributed by atoms with Gasteiger partial charge in [0.25, 0.3) is 0 Å². The third-order valence-electron chi connectivity index (χ3n) is 4.87. The number of rotatable bonds is 0. The molecular weight excluding hydrogens is 291 g/mol. The molecule has 5 rings (SSSR count). The van der Waals surface area contributed by atoms with Gasteiger partial charge in [0.05, 0.1) is 0 Å². The maximum atomic E-state index is 13.7. The second kappa shape index (κ2) is 4.28. The summed E-state index contributed by atoms with van der Waals surface area (Å²) in [5, 5.41) is 27.1. The number of benzene rings is 4. The Morgan fingerprint density at radius 3 is 2.48 bits per heavy atom. The zero-order chi connectivity index (χ0) is 15.7. The van der Waals surface area contributed by atoms with Crippen molar-refractivity contribution >= 4 is 38.4 Å². The maximum absolute atomic E-state index is 13.7. The van der Waals surface area contributed by atoms with Crippen molar-refractivity contribution in [1.82, 2.24) is 0 Å². The molecule has 112 valence electrons. The zero-order valence-electron chi connectivity index (χ0n) is 12.1. The van der Waals surface area contributed by atoms with Gasteiger partial charge in [-0.1, -0.05) is 30.3 Å². The van der Waals surface area contributed by atoms with Crippen LogP contribution in [0.1, 0.15) is 11.7 Å². The van der Waals surface area contributed by atoms with E-state index in [0.29, 0.717) is 0 Å². The van der Waals surface area contributed by atoms with Gasteiger partial charge in [0.1, 0.15) is 18.0 Å². The van der Waals surface area contributed by atoms with Crippen LogP contribution in [0.15, 0.2) is 48.5 Å². The van der Waals surface area contributed by atoms with Crippen molar-refractivity contribution in [2.24, 2.45) is 0 Å². The van der Waals surface area contributed by atoms with Crippen LogP contribution in [0.5, 0.6) is 0 Å². The third kappa shape index (κ3) is 1.63. The molecule has 0 bridgehead atoms. The van der Waals surface area contributed by atoms with Crippen LogP contribution in [-0.4, -0.2) is 16.3 Å². The first-order valence-electron chi connectivity index (χ1n) is 7.59. The van der Waals surface area contributed by atoms with Crippen molar-refractivity contribution in [1.29, 1.82) is 0 Å². The fraction of sp³-hybridized carbons (Fsp3) is 0.100. The molecule has 0 saturated heterocycles. The molecule has 0 aromatic heterocycles. The standard InChI is InChI=1S/C20H13FO2/c21-13-4-1-10-7-11-3-6-15-19-12(8-17(22)20(15)23)2-5-14(18(11)19)16(10)9-13/h1-9,17,20,22-23H. The normalized spacial score (nSPS) is 20.3. The topological polar surface area (TPSA) is 40.5 Å². The lowest BCUT2D eigenvalue weighted by molar-refractivity contribution is 0.0572. The highest BCUT2D eigenvalue weighted by Gasteiger charge is 2.24. The van der Waals surface area contributed by atoms with Gasteiger partial charge in [-0.15, -0.1) is 0 Å². The van der Waals surface area contributed by atoms with E-state index in [-0.39, 0.29) is 5.82 Å². The summed E-state index contributed by atoms with van der Waals surface area (Å²) < 4.78 is 13.7. The van der Waals surface area contributed by atoms with Crippen LogP contribution in [-0.2, 0) is 0 Å². The number of hydrogen-bond donors (Lipinski definition) is 2. The van der Waals surface area contributed by atoms with E-state index in [1.165, 1.54) is 6.07 Å². The average molecular weight is 304 g/mol. The smallest absolute Gasteiger partial charge is 0.123 e. The first kappa shape index (κ1) is 13.0. The van der Waals surface area contributed by atoms with E-state index < -0.39 is 12.2 Å². The lowest BCUT2D eigenvalue weighted by Crippen LogP contribution is -2.25. The van der Waals surface area contributed by atoms with Crippen molar-refractivity contribution in [3.05, 3.63) is 65.1 Å². The summed E-state index contributed by atoms with van der Waals surface area (Å²) in [4.78, 5) is 0. The predicted molar refractivity (Wildman–Crippen MR) is 89.6 cm³/mol. The second-order valence-corrected chi connectivity index (χ2v) is 6.17. The predicted octanol–water partition coefficient (Wildman–Crippen LogP) is 3.19.